The van der Waals surface area contributed by atoms with Crippen LogP contribution in [0, 0.1) is 0 Å². The van der Waals surface area contributed by atoms with Crippen LogP contribution >= 0.6 is 11.6 Å². The first-order chi connectivity index (χ1) is 9.69. The molecule has 0 radical (unpaired) electrons. The number of rotatable bonds is 5. The van der Waals surface area contributed by atoms with Crippen molar-refractivity contribution in [2.24, 2.45) is 0 Å². The number of nitrogens with one attached hydrogen (secondary N) is 1. The summed E-state index contributed by atoms with van der Waals surface area (Å²) in [7, 11) is 1.67. The summed E-state index contributed by atoms with van der Waals surface area (Å²) in [6.07, 6.45) is 2.72. The molecular weight excluding hydrogens is 276 g/mol. The molecule has 0 unspecified atom stereocenters. The second-order valence-corrected chi connectivity index (χ2v) is 5.42. The molecule has 1 fully saturated rings. The first-order valence-corrected chi connectivity index (χ1v) is 7.41. The largest absolute Gasteiger partial charge is 0.489 e. The average Bonchev–Trinajstić information content (AvgIpc) is 2.48. The lowest BCUT2D eigenvalue weighted by Crippen LogP contribution is -2.39. The van der Waals surface area contributed by atoms with E-state index in [9.17, 15) is 4.79 Å². The van der Waals surface area contributed by atoms with Crippen LogP contribution in [0.25, 0.3) is 0 Å². The van der Waals surface area contributed by atoms with Crippen LogP contribution in [0.1, 0.15) is 19.3 Å². The van der Waals surface area contributed by atoms with Gasteiger partial charge in [-0.1, -0.05) is 23.7 Å². The number of benzene rings is 1. The Morgan fingerprint density at radius 3 is 2.75 bits per heavy atom. The van der Waals surface area contributed by atoms with Gasteiger partial charge in [0, 0.05) is 33.1 Å². The van der Waals surface area contributed by atoms with Crippen molar-refractivity contribution in [3.8, 4) is 5.75 Å². The Hall–Kier alpha value is -1.26. The maximum atomic E-state index is 11.2. The van der Waals surface area contributed by atoms with E-state index in [0.717, 1.165) is 38.2 Å². The van der Waals surface area contributed by atoms with Gasteiger partial charge in [0.2, 0.25) is 5.91 Å². The Morgan fingerprint density at radius 2 is 2.10 bits per heavy atom. The van der Waals surface area contributed by atoms with Gasteiger partial charge < -0.3 is 15.0 Å². The third-order valence-corrected chi connectivity index (χ3v) is 3.91. The normalized spacial score (nSPS) is 16.9. The molecule has 1 aromatic carbocycles. The molecular formula is C15H21ClN2O2. The molecule has 1 aliphatic heterocycles. The monoisotopic (exact) mass is 296 g/mol. The van der Waals surface area contributed by atoms with Gasteiger partial charge in [0.1, 0.15) is 11.9 Å². The SMILES string of the molecule is CNC(=O)CCN1CCC(Oc2ccccc2Cl)CC1. The summed E-state index contributed by atoms with van der Waals surface area (Å²) in [5, 5.41) is 3.31. The van der Waals surface area contributed by atoms with Crippen molar-refractivity contribution < 1.29 is 9.53 Å². The van der Waals surface area contributed by atoms with Gasteiger partial charge in [-0.05, 0) is 25.0 Å². The molecule has 1 N–H and O–H groups in total. The number of para-hydroxylation sites is 1. The predicted octanol–water partition coefficient (Wildman–Crippen LogP) is 2.32. The molecule has 5 heteroatoms. The zero-order valence-electron chi connectivity index (χ0n) is 11.8. The highest BCUT2D eigenvalue weighted by Gasteiger charge is 2.21. The quantitative estimate of drug-likeness (QED) is 0.907. The van der Waals surface area contributed by atoms with Crippen molar-refractivity contribution >= 4 is 17.5 Å². The number of hydrogen-bond acceptors (Lipinski definition) is 3. The van der Waals surface area contributed by atoms with Gasteiger partial charge in [-0.15, -0.1) is 0 Å². The lowest BCUT2D eigenvalue weighted by molar-refractivity contribution is -0.121. The number of nitrogens with zero attached hydrogens (tertiary/aromatic N) is 1. The Bertz CT molecular complexity index is 445. The van der Waals surface area contributed by atoms with Gasteiger partial charge in [-0.25, -0.2) is 0 Å². The van der Waals surface area contributed by atoms with Crippen LogP contribution in [0.5, 0.6) is 5.75 Å². The van der Waals surface area contributed by atoms with E-state index in [1.807, 2.05) is 24.3 Å². The number of likely N-dealkylation sites (tertiary alicyclic amines) is 1. The maximum Gasteiger partial charge on any atom is 0.221 e. The standard InChI is InChI=1S/C15H21ClN2O2/c1-17-15(19)8-11-18-9-6-12(7-10-18)20-14-5-3-2-4-13(14)16/h2-5,12H,6-11H2,1H3,(H,17,19). The van der Waals surface area contributed by atoms with Gasteiger partial charge in [-0.3, -0.25) is 4.79 Å². The number of carbonyl (C=O) groups excluding carboxylic acids is 1. The topological polar surface area (TPSA) is 41.6 Å². The summed E-state index contributed by atoms with van der Waals surface area (Å²) in [6, 6.07) is 7.58. The fraction of sp³-hybridized carbons (Fsp3) is 0.533. The summed E-state index contributed by atoms with van der Waals surface area (Å²) >= 11 is 6.09. The lowest BCUT2D eigenvalue weighted by Gasteiger charge is -2.32. The van der Waals surface area contributed by atoms with E-state index in [2.05, 4.69) is 10.2 Å². The third kappa shape index (κ3) is 4.39. The van der Waals surface area contributed by atoms with Crippen molar-refractivity contribution in [1.82, 2.24) is 10.2 Å². The van der Waals surface area contributed by atoms with E-state index >= 15 is 0 Å². The molecule has 0 aromatic heterocycles. The lowest BCUT2D eigenvalue weighted by atomic mass is 10.1. The van der Waals surface area contributed by atoms with Crippen LogP contribution in [-0.4, -0.2) is 43.6 Å². The molecule has 4 nitrogen and oxygen atoms in total. The molecule has 20 heavy (non-hydrogen) atoms. The van der Waals surface area contributed by atoms with E-state index in [1.54, 1.807) is 7.05 Å². The minimum atomic E-state index is 0.0967. The Kier molecular flexibility index (Phi) is 5.68. The van der Waals surface area contributed by atoms with Crippen LogP contribution in [0.15, 0.2) is 24.3 Å². The fourth-order valence-electron chi connectivity index (χ4n) is 2.36. The van der Waals surface area contributed by atoms with Crippen LogP contribution in [-0.2, 0) is 4.79 Å². The second kappa shape index (κ2) is 7.50. The van der Waals surface area contributed by atoms with Gasteiger partial charge in [-0.2, -0.15) is 0 Å². The molecule has 2 rings (SSSR count). The molecule has 1 heterocycles. The molecule has 1 amide bonds. The average molecular weight is 297 g/mol. The Morgan fingerprint density at radius 1 is 1.40 bits per heavy atom. The number of halogens is 1. The van der Waals surface area contributed by atoms with Crippen molar-refractivity contribution in [2.75, 3.05) is 26.7 Å². The molecule has 0 atom stereocenters. The van der Waals surface area contributed by atoms with Crippen molar-refractivity contribution in [3.63, 3.8) is 0 Å². The van der Waals surface area contributed by atoms with E-state index in [4.69, 9.17) is 16.3 Å². The number of ether oxygens (including phenoxy) is 1. The minimum absolute atomic E-state index is 0.0967. The number of hydrogen-bond donors (Lipinski definition) is 1. The fourth-order valence-corrected chi connectivity index (χ4v) is 2.54. The number of amides is 1. The number of piperidine rings is 1. The summed E-state index contributed by atoms with van der Waals surface area (Å²) in [5.41, 5.74) is 0. The first kappa shape index (κ1) is 15.1. The predicted molar refractivity (Wildman–Crippen MR) is 80.2 cm³/mol. The van der Waals surface area contributed by atoms with E-state index in [-0.39, 0.29) is 12.0 Å². The molecule has 1 aliphatic rings. The molecule has 0 aliphatic carbocycles. The third-order valence-electron chi connectivity index (χ3n) is 3.60. The number of carbonyl (C=O) groups is 1. The molecule has 1 saturated heterocycles. The molecule has 0 saturated carbocycles. The summed E-state index contributed by atoms with van der Waals surface area (Å²) < 4.78 is 5.94. The maximum absolute atomic E-state index is 11.2. The highest BCUT2D eigenvalue weighted by Crippen LogP contribution is 2.26. The van der Waals surface area contributed by atoms with Crippen LogP contribution < -0.4 is 10.1 Å². The van der Waals surface area contributed by atoms with Crippen LogP contribution in [0.4, 0.5) is 0 Å². The molecule has 0 bridgehead atoms. The first-order valence-electron chi connectivity index (χ1n) is 7.03. The van der Waals surface area contributed by atoms with E-state index in [1.165, 1.54) is 0 Å². The van der Waals surface area contributed by atoms with E-state index in [0.29, 0.717) is 11.4 Å². The van der Waals surface area contributed by atoms with Crippen LogP contribution in [0.2, 0.25) is 5.02 Å². The van der Waals surface area contributed by atoms with Crippen molar-refractivity contribution in [3.05, 3.63) is 29.3 Å². The highest BCUT2D eigenvalue weighted by atomic mass is 35.5. The molecule has 1 aromatic rings. The highest BCUT2D eigenvalue weighted by molar-refractivity contribution is 6.32. The zero-order valence-corrected chi connectivity index (χ0v) is 12.5. The van der Waals surface area contributed by atoms with Crippen molar-refractivity contribution in [1.29, 1.82) is 0 Å². The van der Waals surface area contributed by atoms with E-state index < -0.39 is 0 Å². The summed E-state index contributed by atoms with van der Waals surface area (Å²) in [4.78, 5) is 13.5. The van der Waals surface area contributed by atoms with Gasteiger partial charge in [0.05, 0.1) is 5.02 Å². The second-order valence-electron chi connectivity index (χ2n) is 5.01. The summed E-state index contributed by atoms with van der Waals surface area (Å²) in [5.74, 6) is 0.859. The van der Waals surface area contributed by atoms with Crippen LogP contribution in [0.3, 0.4) is 0 Å². The van der Waals surface area contributed by atoms with Crippen molar-refractivity contribution in [2.45, 2.75) is 25.4 Å². The van der Waals surface area contributed by atoms with Gasteiger partial charge in [0.15, 0.2) is 0 Å². The zero-order chi connectivity index (χ0) is 14.4. The smallest absolute Gasteiger partial charge is 0.221 e. The molecule has 0 spiro atoms. The van der Waals surface area contributed by atoms with Gasteiger partial charge >= 0.3 is 0 Å². The molecule has 110 valence electrons. The Labute approximate surface area is 125 Å². The van der Waals surface area contributed by atoms with Gasteiger partial charge in [0.25, 0.3) is 0 Å². The summed E-state index contributed by atoms with van der Waals surface area (Å²) in [6.45, 7) is 2.75. The minimum Gasteiger partial charge on any atom is -0.489 e. The Balaban J connectivity index is 1.74.